The molecule has 0 unspecified atom stereocenters. The molecule has 6 heteroatoms. The minimum Gasteiger partial charge on any atom is -0.409 e. The first-order valence-electron chi connectivity index (χ1n) is 4.15. The standard InChI is InChI=1S/C9H8N4OS/c10-8(13-14)7-5-12-9(15-7)6-1-3-11-4-2-6/h1-5,14H,(H2,10,13). The van der Waals surface area contributed by atoms with Gasteiger partial charge in [0.15, 0.2) is 5.84 Å². The van der Waals surface area contributed by atoms with Crippen LogP contribution in [0.1, 0.15) is 4.88 Å². The number of nitrogens with two attached hydrogens (primary N) is 1. The Hall–Kier alpha value is -1.95. The van der Waals surface area contributed by atoms with Crippen LogP contribution in [0, 0.1) is 0 Å². The number of amidine groups is 1. The summed E-state index contributed by atoms with van der Waals surface area (Å²) in [6.45, 7) is 0. The lowest BCUT2D eigenvalue weighted by Crippen LogP contribution is -2.10. The molecule has 0 aliphatic rings. The summed E-state index contributed by atoms with van der Waals surface area (Å²) in [5.41, 5.74) is 6.41. The maximum absolute atomic E-state index is 8.50. The second-order valence-corrected chi connectivity index (χ2v) is 3.78. The van der Waals surface area contributed by atoms with E-state index in [-0.39, 0.29) is 5.84 Å². The highest BCUT2D eigenvalue weighted by molar-refractivity contribution is 7.17. The number of pyridine rings is 1. The van der Waals surface area contributed by atoms with Crippen LogP contribution in [0.5, 0.6) is 0 Å². The maximum Gasteiger partial charge on any atom is 0.181 e. The smallest absolute Gasteiger partial charge is 0.181 e. The first kappa shape index (κ1) is 9.60. The van der Waals surface area contributed by atoms with Crippen molar-refractivity contribution in [3.05, 3.63) is 35.6 Å². The van der Waals surface area contributed by atoms with E-state index in [4.69, 9.17) is 10.9 Å². The molecule has 0 amide bonds. The van der Waals surface area contributed by atoms with Gasteiger partial charge in [-0.1, -0.05) is 5.16 Å². The van der Waals surface area contributed by atoms with E-state index in [1.807, 2.05) is 12.1 Å². The average molecular weight is 220 g/mol. The summed E-state index contributed by atoms with van der Waals surface area (Å²) < 4.78 is 0. The first-order chi connectivity index (χ1) is 7.31. The van der Waals surface area contributed by atoms with Crippen molar-refractivity contribution in [2.24, 2.45) is 10.9 Å². The van der Waals surface area contributed by atoms with Crippen LogP contribution in [0.15, 0.2) is 35.9 Å². The maximum atomic E-state index is 8.50. The van der Waals surface area contributed by atoms with Crippen molar-refractivity contribution in [1.29, 1.82) is 0 Å². The zero-order chi connectivity index (χ0) is 10.7. The summed E-state index contributed by atoms with van der Waals surface area (Å²) >= 11 is 1.36. The van der Waals surface area contributed by atoms with Gasteiger partial charge >= 0.3 is 0 Å². The van der Waals surface area contributed by atoms with E-state index in [2.05, 4.69) is 15.1 Å². The molecule has 5 nitrogen and oxygen atoms in total. The normalized spacial score (nSPS) is 11.6. The summed E-state index contributed by atoms with van der Waals surface area (Å²) in [6, 6.07) is 3.71. The Balaban J connectivity index is 2.36. The van der Waals surface area contributed by atoms with Gasteiger partial charge in [-0.15, -0.1) is 11.3 Å². The van der Waals surface area contributed by atoms with Gasteiger partial charge < -0.3 is 10.9 Å². The number of nitrogens with zero attached hydrogens (tertiary/aromatic N) is 3. The molecule has 0 saturated carbocycles. The van der Waals surface area contributed by atoms with Crippen LogP contribution < -0.4 is 5.73 Å². The van der Waals surface area contributed by atoms with Crippen molar-refractivity contribution in [2.45, 2.75) is 0 Å². The van der Waals surface area contributed by atoms with E-state index in [0.29, 0.717) is 4.88 Å². The topological polar surface area (TPSA) is 84.4 Å². The van der Waals surface area contributed by atoms with E-state index in [0.717, 1.165) is 10.6 Å². The van der Waals surface area contributed by atoms with Gasteiger partial charge in [0.05, 0.1) is 4.88 Å². The fourth-order valence-corrected chi connectivity index (χ4v) is 1.89. The Morgan fingerprint density at radius 3 is 2.80 bits per heavy atom. The molecule has 0 fully saturated rings. The van der Waals surface area contributed by atoms with Crippen LogP contribution in [-0.4, -0.2) is 21.0 Å². The fourth-order valence-electron chi connectivity index (χ4n) is 1.07. The van der Waals surface area contributed by atoms with E-state index in [9.17, 15) is 0 Å². The molecule has 0 bridgehead atoms. The lowest BCUT2D eigenvalue weighted by atomic mass is 10.3. The largest absolute Gasteiger partial charge is 0.409 e. The molecule has 0 atom stereocenters. The summed E-state index contributed by atoms with van der Waals surface area (Å²) in [7, 11) is 0. The summed E-state index contributed by atoms with van der Waals surface area (Å²) in [5, 5.41) is 12.2. The third kappa shape index (κ3) is 1.94. The molecule has 0 spiro atoms. The summed E-state index contributed by atoms with van der Waals surface area (Å²) in [5.74, 6) is 0.0767. The van der Waals surface area contributed by atoms with Gasteiger partial charge in [-0.2, -0.15) is 0 Å². The zero-order valence-electron chi connectivity index (χ0n) is 7.66. The molecule has 76 valence electrons. The molecule has 2 heterocycles. The van der Waals surface area contributed by atoms with Crippen LogP contribution in [0.25, 0.3) is 10.6 Å². The third-order valence-electron chi connectivity index (χ3n) is 1.79. The number of hydrogen-bond donors (Lipinski definition) is 2. The van der Waals surface area contributed by atoms with Crippen LogP contribution in [0.4, 0.5) is 0 Å². The Labute approximate surface area is 89.9 Å². The molecular formula is C9H8N4OS. The van der Waals surface area contributed by atoms with Gasteiger partial charge in [0.1, 0.15) is 5.01 Å². The average Bonchev–Trinajstić information content (AvgIpc) is 2.78. The summed E-state index contributed by atoms with van der Waals surface area (Å²) in [6.07, 6.45) is 4.97. The van der Waals surface area contributed by atoms with Crippen LogP contribution in [-0.2, 0) is 0 Å². The number of hydrogen-bond acceptors (Lipinski definition) is 5. The molecule has 0 saturated heterocycles. The molecule has 0 aliphatic heterocycles. The second kappa shape index (κ2) is 4.05. The fraction of sp³-hybridized carbons (Fsp3) is 0. The second-order valence-electron chi connectivity index (χ2n) is 2.75. The lowest BCUT2D eigenvalue weighted by molar-refractivity contribution is 0.319. The predicted octanol–water partition coefficient (Wildman–Crippen LogP) is 1.30. The van der Waals surface area contributed by atoms with Gasteiger partial charge in [-0.25, -0.2) is 4.98 Å². The molecule has 0 aliphatic carbocycles. The van der Waals surface area contributed by atoms with Gasteiger partial charge in [-0.3, -0.25) is 4.98 Å². The first-order valence-corrected chi connectivity index (χ1v) is 4.97. The van der Waals surface area contributed by atoms with Gasteiger partial charge in [-0.05, 0) is 12.1 Å². The number of rotatable bonds is 2. The van der Waals surface area contributed by atoms with Crippen LogP contribution in [0.3, 0.4) is 0 Å². The quantitative estimate of drug-likeness (QED) is 0.346. The molecule has 3 N–H and O–H groups in total. The van der Waals surface area contributed by atoms with Gasteiger partial charge in [0.2, 0.25) is 0 Å². The highest BCUT2D eigenvalue weighted by Gasteiger charge is 2.07. The third-order valence-corrected chi connectivity index (χ3v) is 2.86. The monoisotopic (exact) mass is 220 g/mol. The van der Waals surface area contributed by atoms with Gasteiger partial charge in [0, 0.05) is 24.2 Å². The van der Waals surface area contributed by atoms with Crippen LogP contribution in [0.2, 0.25) is 0 Å². The number of aromatic nitrogens is 2. The molecule has 15 heavy (non-hydrogen) atoms. The minimum atomic E-state index is 0.0767. The van der Waals surface area contributed by atoms with Crippen molar-refractivity contribution in [3.63, 3.8) is 0 Å². The molecule has 0 aromatic carbocycles. The van der Waals surface area contributed by atoms with Gasteiger partial charge in [0.25, 0.3) is 0 Å². The van der Waals surface area contributed by atoms with Crippen molar-refractivity contribution < 1.29 is 5.21 Å². The van der Waals surface area contributed by atoms with E-state index in [1.54, 1.807) is 18.6 Å². The highest BCUT2D eigenvalue weighted by atomic mass is 32.1. The Kier molecular flexibility index (Phi) is 2.59. The summed E-state index contributed by atoms with van der Waals surface area (Å²) in [4.78, 5) is 8.73. The molecule has 2 aromatic heterocycles. The SMILES string of the molecule is NC(=NO)c1cnc(-c2ccncc2)s1. The van der Waals surface area contributed by atoms with Crippen molar-refractivity contribution in [1.82, 2.24) is 9.97 Å². The molecule has 0 radical (unpaired) electrons. The Morgan fingerprint density at radius 1 is 1.40 bits per heavy atom. The number of thiazole rings is 1. The van der Waals surface area contributed by atoms with Crippen molar-refractivity contribution in [3.8, 4) is 10.6 Å². The van der Waals surface area contributed by atoms with E-state index in [1.165, 1.54) is 11.3 Å². The Bertz CT molecular complexity index is 480. The predicted molar refractivity (Wildman–Crippen MR) is 57.9 cm³/mol. The van der Waals surface area contributed by atoms with E-state index < -0.39 is 0 Å². The molecular weight excluding hydrogens is 212 g/mol. The minimum absolute atomic E-state index is 0.0767. The number of oxime groups is 1. The van der Waals surface area contributed by atoms with Crippen molar-refractivity contribution >= 4 is 17.2 Å². The Morgan fingerprint density at radius 2 is 2.13 bits per heavy atom. The zero-order valence-corrected chi connectivity index (χ0v) is 8.48. The van der Waals surface area contributed by atoms with Crippen LogP contribution >= 0.6 is 11.3 Å². The van der Waals surface area contributed by atoms with Crippen molar-refractivity contribution in [2.75, 3.05) is 0 Å². The highest BCUT2D eigenvalue weighted by Crippen LogP contribution is 2.23. The van der Waals surface area contributed by atoms with E-state index >= 15 is 0 Å². The molecule has 2 rings (SSSR count). The molecule has 2 aromatic rings. The lowest BCUT2D eigenvalue weighted by Gasteiger charge is -1.92.